The van der Waals surface area contributed by atoms with E-state index in [2.05, 4.69) is 25.9 Å². The molecule has 0 amide bonds. The highest BCUT2D eigenvalue weighted by atomic mass is 35.5. The van der Waals surface area contributed by atoms with Gasteiger partial charge in [-0.25, -0.2) is 23.5 Å². The number of thiocarbonyl (C=S) groups is 1. The Morgan fingerprint density at radius 1 is 1.00 bits per heavy atom. The SMILES string of the molecule is NS(=O)(=O)c1ccc(CCNC(=S)Nc2ccc3ncnc(Nc4ccc(Cl)c(C(F)(F)F)c4)c3c2)cc1. The molecule has 38 heavy (non-hydrogen) atoms. The van der Waals surface area contributed by atoms with Gasteiger partial charge in [-0.1, -0.05) is 23.7 Å². The van der Waals surface area contributed by atoms with Crippen LogP contribution in [0.4, 0.5) is 30.4 Å². The monoisotopic (exact) mass is 580 g/mol. The Bertz CT molecular complexity index is 1600. The molecule has 0 fully saturated rings. The van der Waals surface area contributed by atoms with E-state index in [4.69, 9.17) is 29.0 Å². The van der Waals surface area contributed by atoms with Crippen molar-refractivity contribution in [2.45, 2.75) is 17.5 Å². The van der Waals surface area contributed by atoms with Crippen molar-refractivity contribution < 1.29 is 21.6 Å². The van der Waals surface area contributed by atoms with Crippen LogP contribution in [-0.2, 0) is 22.6 Å². The molecule has 0 saturated carbocycles. The lowest BCUT2D eigenvalue weighted by atomic mass is 10.1. The number of sulfonamides is 1. The van der Waals surface area contributed by atoms with Crippen LogP contribution in [0.25, 0.3) is 10.9 Å². The van der Waals surface area contributed by atoms with Gasteiger partial charge in [-0.05, 0) is 72.7 Å². The fourth-order valence-electron chi connectivity index (χ4n) is 3.53. The number of fused-ring (bicyclic) bond motifs is 1. The minimum Gasteiger partial charge on any atom is -0.362 e. The van der Waals surface area contributed by atoms with E-state index in [0.717, 1.165) is 11.6 Å². The first-order valence-corrected chi connectivity index (χ1v) is 13.3. The molecule has 0 atom stereocenters. The lowest BCUT2D eigenvalue weighted by Gasteiger charge is -2.14. The Morgan fingerprint density at radius 2 is 1.71 bits per heavy atom. The summed E-state index contributed by atoms with van der Waals surface area (Å²) in [7, 11) is -3.74. The maximum Gasteiger partial charge on any atom is 0.417 e. The summed E-state index contributed by atoms with van der Waals surface area (Å²) < 4.78 is 62.5. The molecule has 14 heteroatoms. The number of nitrogens with two attached hydrogens (primary N) is 1. The summed E-state index contributed by atoms with van der Waals surface area (Å²) in [6, 6.07) is 14.9. The molecule has 3 aromatic carbocycles. The van der Waals surface area contributed by atoms with Crippen molar-refractivity contribution in [1.29, 1.82) is 0 Å². The van der Waals surface area contributed by atoms with Crippen LogP contribution in [0.15, 0.2) is 71.9 Å². The minimum absolute atomic E-state index is 0.0393. The number of rotatable bonds is 7. The Balaban J connectivity index is 1.43. The predicted molar refractivity (Wildman–Crippen MR) is 145 cm³/mol. The molecule has 4 rings (SSSR count). The van der Waals surface area contributed by atoms with Crippen LogP contribution < -0.4 is 21.1 Å². The molecule has 0 bridgehead atoms. The minimum atomic E-state index is -4.60. The molecule has 0 aliphatic carbocycles. The van der Waals surface area contributed by atoms with Gasteiger partial charge in [0.1, 0.15) is 12.1 Å². The molecule has 0 spiro atoms. The molecular formula is C24H20ClF3N6O2S2. The third kappa shape index (κ3) is 6.86. The van der Waals surface area contributed by atoms with E-state index < -0.39 is 26.8 Å². The number of primary sulfonamides is 1. The predicted octanol–water partition coefficient (Wildman–Crippen LogP) is 5.22. The highest BCUT2D eigenvalue weighted by Crippen LogP contribution is 2.37. The normalized spacial score (nSPS) is 11.8. The van der Waals surface area contributed by atoms with Crippen molar-refractivity contribution in [1.82, 2.24) is 15.3 Å². The molecule has 0 radical (unpaired) electrons. The molecule has 1 heterocycles. The molecule has 0 aliphatic heterocycles. The number of nitrogens with zero attached hydrogens (tertiary/aromatic N) is 2. The van der Waals surface area contributed by atoms with Crippen LogP contribution in [0.1, 0.15) is 11.1 Å². The zero-order chi connectivity index (χ0) is 27.5. The second-order valence-corrected chi connectivity index (χ2v) is 10.5. The molecule has 5 N–H and O–H groups in total. The Labute approximate surface area is 226 Å². The number of aromatic nitrogens is 2. The van der Waals surface area contributed by atoms with Gasteiger partial charge in [-0.2, -0.15) is 13.2 Å². The van der Waals surface area contributed by atoms with Gasteiger partial charge >= 0.3 is 6.18 Å². The molecule has 0 aliphatic rings. The van der Waals surface area contributed by atoms with Crippen molar-refractivity contribution >= 4 is 67.1 Å². The summed E-state index contributed by atoms with van der Waals surface area (Å²) in [4.78, 5) is 8.43. The van der Waals surface area contributed by atoms with Crippen molar-refractivity contribution in [3.63, 3.8) is 0 Å². The van der Waals surface area contributed by atoms with Crippen LogP contribution in [0.2, 0.25) is 5.02 Å². The van der Waals surface area contributed by atoms with Gasteiger partial charge in [0.25, 0.3) is 0 Å². The molecule has 0 saturated heterocycles. The molecule has 198 valence electrons. The highest BCUT2D eigenvalue weighted by molar-refractivity contribution is 7.89. The molecular weight excluding hydrogens is 561 g/mol. The lowest BCUT2D eigenvalue weighted by molar-refractivity contribution is -0.137. The second kappa shape index (κ2) is 11.1. The largest absolute Gasteiger partial charge is 0.417 e. The average molecular weight is 581 g/mol. The summed E-state index contributed by atoms with van der Waals surface area (Å²) in [5, 5.41) is 14.6. The van der Waals surface area contributed by atoms with Gasteiger partial charge in [-0.15, -0.1) is 0 Å². The number of hydrogen-bond acceptors (Lipinski definition) is 6. The van der Waals surface area contributed by atoms with Crippen LogP contribution >= 0.6 is 23.8 Å². The number of hydrogen-bond donors (Lipinski definition) is 4. The van der Waals surface area contributed by atoms with E-state index >= 15 is 0 Å². The summed E-state index contributed by atoms with van der Waals surface area (Å²) in [5.41, 5.74) is 1.27. The van der Waals surface area contributed by atoms with E-state index in [0.29, 0.717) is 40.5 Å². The van der Waals surface area contributed by atoms with Crippen molar-refractivity contribution in [3.05, 3.63) is 83.1 Å². The van der Waals surface area contributed by atoms with Crippen molar-refractivity contribution in [3.8, 4) is 0 Å². The Hall–Kier alpha value is -3.52. The quantitative estimate of drug-likeness (QED) is 0.219. The number of benzene rings is 3. The third-order valence-electron chi connectivity index (χ3n) is 5.38. The van der Waals surface area contributed by atoms with E-state index in [1.807, 2.05) is 0 Å². The number of halogens is 4. The highest BCUT2D eigenvalue weighted by Gasteiger charge is 2.33. The van der Waals surface area contributed by atoms with Gasteiger partial charge in [0.15, 0.2) is 5.11 Å². The van der Waals surface area contributed by atoms with E-state index in [-0.39, 0.29) is 10.6 Å². The molecule has 8 nitrogen and oxygen atoms in total. The standard InChI is InChI=1S/C24H20ClF3N6O2S2/c25-20-7-3-16(12-19(20)24(26,27)28)33-22-18-11-15(4-8-21(18)31-13-32-22)34-23(37)30-10-9-14-1-5-17(6-2-14)38(29,35)36/h1-8,11-13H,9-10H2,(H2,29,35,36)(H2,30,34,37)(H,31,32,33). The summed E-state index contributed by atoms with van der Waals surface area (Å²) in [6.07, 6.45) is -2.72. The Morgan fingerprint density at radius 3 is 2.39 bits per heavy atom. The Kier molecular flexibility index (Phi) is 8.02. The van der Waals surface area contributed by atoms with Gasteiger partial charge in [0.05, 0.1) is 21.0 Å². The van der Waals surface area contributed by atoms with Gasteiger partial charge < -0.3 is 16.0 Å². The lowest BCUT2D eigenvalue weighted by Crippen LogP contribution is -2.30. The first-order valence-electron chi connectivity index (χ1n) is 11.0. The van der Waals surface area contributed by atoms with E-state index in [9.17, 15) is 21.6 Å². The fraction of sp³-hybridized carbons (Fsp3) is 0.125. The fourth-order valence-corrected chi connectivity index (χ4v) is 4.49. The van der Waals surface area contributed by atoms with Gasteiger partial charge in [0, 0.05) is 23.3 Å². The summed E-state index contributed by atoms with van der Waals surface area (Å²) in [5.74, 6) is 0.302. The number of alkyl halides is 3. The summed E-state index contributed by atoms with van der Waals surface area (Å²) in [6.45, 7) is 0.474. The maximum absolute atomic E-state index is 13.2. The van der Waals surface area contributed by atoms with Gasteiger partial charge in [0.2, 0.25) is 10.0 Å². The average Bonchev–Trinajstić information content (AvgIpc) is 2.84. The number of anilines is 3. The van der Waals surface area contributed by atoms with Crippen molar-refractivity contribution in [2.24, 2.45) is 5.14 Å². The smallest absolute Gasteiger partial charge is 0.362 e. The van der Waals surface area contributed by atoms with Gasteiger partial charge in [-0.3, -0.25) is 0 Å². The van der Waals surface area contributed by atoms with Crippen molar-refractivity contribution in [2.75, 3.05) is 17.2 Å². The first kappa shape index (κ1) is 27.5. The van der Waals surface area contributed by atoms with E-state index in [1.54, 1.807) is 30.3 Å². The van der Waals surface area contributed by atoms with E-state index in [1.165, 1.54) is 30.6 Å². The molecule has 0 unspecified atom stereocenters. The topological polar surface area (TPSA) is 122 Å². The van der Waals surface area contributed by atoms with Crippen LogP contribution in [0.5, 0.6) is 0 Å². The zero-order valence-corrected chi connectivity index (χ0v) is 21.8. The first-order chi connectivity index (χ1) is 17.9. The van der Waals surface area contributed by atoms with Crippen LogP contribution in [-0.4, -0.2) is 30.0 Å². The van der Waals surface area contributed by atoms with Crippen LogP contribution in [0, 0.1) is 0 Å². The third-order valence-corrected chi connectivity index (χ3v) is 6.88. The maximum atomic E-state index is 13.2. The second-order valence-electron chi connectivity index (χ2n) is 8.09. The summed E-state index contributed by atoms with van der Waals surface area (Å²) >= 11 is 11.1. The molecule has 1 aromatic heterocycles. The molecule has 4 aromatic rings. The van der Waals surface area contributed by atoms with Crippen LogP contribution in [0.3, 0.4) is 0 Å². The zero-order valence-electron chi connectivity index (χ0n) is 19.4. The number of nitrogens with one attached hydrogen (secondary N) is 3.